The maximum absolute atomic E-state index is 12.9. The lowest BCUT2D eigenvalue weighted by Gasteiger charge is -2.08. The molecule has 21 heavy (non-hydrogen) atoms. The van der Waals surface area contributed by atoms with Gasteiger partial charge in [0.05, 0.1) is 11.1 Å². The van der Waals surface area contributed by atoms with Crippen LogP contribution in [0.1, 0.15) is 17.4 Å². The van der Waals surface area contributed by atoms with Gasteiger partial charge in [-0.3, -0.25) is 5.10 Å². The fourth-order valence-electron chi connectivity index (χ4n) is 2.00. The van der Waals surface area contributed by atoms with Gasteiger partial charge in [0.1, 0.15) is 11.6 Å². The minimum Gasteiger partial charge on any atom is -0.318 e. The molecule has 106 valence electrons. The van der Waals surface area contributed by atoms with Crippen molar-refractivity contribution >= 4 is 11.6 Å². The fourth-order valence-corrected chi connectivity index (χ4v) is 2.22. The van der Waals surface area contributed by atoms with Crippen molar-refractivity contribution in [2.24, 2.45) is 5.73 Å². The number of hydrogen-bond donors (Lipinski definition) is 2. The van der Waals surface area contributed by atoms with Crippen LogP contribution in [0.15, 0.2) is 48.5 Å². The number of hydrogen-bond acceptors (Lipinski definition) is 3. The molecule has 1 atom stereocenters. The zero-order valence-corrected chi connectivity index (χ0v) is 11.7. The number of halogens is 2. The molecule has 0 bridgehead atoms. The van der Waals surface area contributed by atoms with E-state index in [2.05, 4.69) is 15.2 Å². The Labute approximate surface area is 125 Å². The molecule has 1 heterocycles. The summed E-state index contributed by atoms with van der Waals surface area (Å²) in [6.45, 7) is 0. The standard InChI is InChI=1S/C15H12ClFN4/c16-12-4-2-1-3-11(12)14-19-15(21-20-14)13(18)9-5-7-10(17)8-6-9/h1-8,13H,18H2,(H,19,20,21). The van der Waals surface area contributed by atoms with Crippen LogP contribution in [0.5, 0.6) is 0 Å². The molecule has 4 nitrogen and oxygen atoms in total. The van der Waals surface area contributed by atoms with Gasteiger partial charge in [0.2, 0.25) is 0 Å². The van der Waals surface area contributed by atoms with Gasteiger partial charge in [-0.2, -0.15) is 5.10 Å². The molecule has 0 aliphatic heterocycles. The van der Waals surface area contributed by atoms with E-state index in [4.69, 9.17) is 17.3 Å². The lowest BCUT2D eigenvalue weighted by Crippen LogP contribution is -2.13. The van der Waals surface area contributed by atoms with Crippen LogP contribution >= 0.6 is 11.6 Å². The number of aromatic amines is 1. The van der Waals surface area contributed by atoms with Gasteiger partial charge in [-0.25, -0.2) is 9.37 Å². The molecular formula is C15H12ClFN4. The van der Waals surface area contributed by atoms with E-state index in [-0.39, 0.29) is 5.82 Å². The first-order chi connectivity index (χ1) is 10.1. The third kappa shape index (κ3) is 2.79. The molecule has 0 radical (unpaired) electrons. The molecular weight excluding hydrogens is 291 g/mol. The van der Waals surface area contributed by atoms with Gasteiger partial charge in [0.25, 0.3) is 0 Å². The van der Waals surface area contributed by atoms with Crippen molar-refractivity contribution < 1.29 is 4.39 Å². The molecule has 0 fully saturated rings. The zero-order chi connectivity index (χ0) is 14.8. The van der Waals surface area contributed by atoms with E-state index in [9.17, 15) is 4.39 Å². The van der Waals surface area contributed by atoms with E-state index in [1.807, 2.05) is 18.2 Å². The molecule has 0 saturated carbocycles. The van der Waals surface area contributed by atoms with Crippen LogP contribution in [-0.2, 0) is 0 Å². The van der Waals surface area contributed by atoms with E-state index in [0.29, 0.717) is 16.7 Å². The number of nitrogens with zero attached hydrogens (tertiary/aromatic N) is 2. The van der Waals surface area contributed by atoms with Gasteiger partial charge in [-0.05, 0) is 29.8 Å². The maximum atomic E-state index is 12.9. The number of H-pyrrole nitrogens is 1. The van der Waals surface area contributed by atoms with E-state index < -0.39 is 6.04 Å². The zero-order valence-electron chi connectivity index (χ0n) is 10.9. The highest BCUT2D eigenvalue weighted by Crippen LogP contribution is 2.26. The molecule has 1 unspecified atom stereocenters. The van der Waals surface area contributed by atoms with Gasteiger partial charge in [-0.15, -0.1) is 0 Å². The summed E-state index contributed by atoms with van der Waals surface area (Å²) in [6.07, 6.45) is 0. The lowest BCUT2D eigenvalue weighted by atomic mass is 10.1. The van der Waals surface area contributed by atoms with Crippen LogP contribution in [0.2, 0.25) is 5.02 Å². The first-order valence-corrected chi connectivity index (χ1v) is 6.71. The second-order valence-electron chi connectivity index (χ2n) is 4.55. The van der Waals surface area contributed by atoms with Crippen molar-refractivity contribution in [3.05, 3.63) is 70.8 Å². The van der Waals surface area contributed by atoms with E-state index in [1.54, 1.807) is 18.2 Å². The van der Waals surface area contributed by atoms with Crippen molar-refractivity contribution in [3.8, 4) is 11.4 Å². The van der Waals surface area contributed by atoms with Gasteiger partial charge >= 0.3 is 0 Å². The van der Waals surface area contributed by atoms with Crippen LogP contribution < -0.4 is 5.73 Å². The van der Waals surface area contributed by atoms with Crippen molar-refractivity contribution in [2.75, 3.05) is 0 Å². The normalized spacial score (nSPS) is 12.3. The highest BCUT2D eigenvalue weighted by atomic mass is 35.5. The van der Waals surface area contributed by atoms with Crippen LogP contribution in [0.3, 0.4) is 0 Å². The molecule has 3 N–H and O–H groups in total. The molecule has 3 aromatic rings. The number of rotatable bonds is 3. The topological polar surface area (TPSA) is 67.6 Å². The highest BCUT2D eigenvalue weighted by molar-refractivity contribution is 6.33. The average molecular weight is 303 g/mol. The summed E-state index contributed by atoms with van der Waals surface area (Å²) in [5, 5.41) is 7.51. The second kappa shape index (κ2) is 5.63. The Kier molecular flexibility index (Phi) is 3.68. The van der Waals surface area contributed by atoms with Gasteiger partial charge < -0.3 is 5.73 Å². The summed E-state index contributed by atoms with van der Waals surface area (Å²) in [5.41, 5.74) is 7.58. The predicted octanol–water partition coefficient (Wildman–Crippen LogP) is 3.31. The van der Waals surface area contributed by atoms with Crippen molar-refractivity contribution in [3.63, 3.8) is 0 Å². The molecule has 2 aromatic carbocycles. The third-order valence-electron chi connectivity index (χ3n) is 3.14. The van der Waals surface area contributed by atoms with Crippen LogP contribution in [-0.4, -0.2) is 15.2 Å². The Morgan fingerprint density at radius 1 is 1.10 bits per heavy atom. The Morgan fingerprint density at radius 3 is 2.52 bits per heavy atom. The van der Waals surface area contributed by atoms with Gasteiger partial charge in [0.15, 0.2) is 5.82 Å². The number of benzene rings is 2. The monoisotopic (exact) mass is 302 g/mol. The summed E-state index contributed by atoms with van der Waals surface area (Å²) in [6, 6.07) is 12.8. The quantitative estimate of drug-likeness (QED) is 0.780. The summed E-state index contributed by atoms with van der Waals surface area (Å²) < 4.78 is 12.9. The number of nitrogens with two attached hydrogens (primary N) is 1. The molecule has 0 aliphatic carbocycles. The number of aromatic nitrogens is 3. The summed E-state index contributed by atoms with van der Waals surface area (Å²) >= 11 is 6.12. The molecule has 6 heteroatoms. The van der Waals surface area contributed by atoms with Crippen molar-refractivity contribution in [1.82, 2.24) is 15.2 Å². The Bertz CT molecular complexity index is 754. The maximum Gasteiger partial charge on any atom is 0.182 e. The Balaban J connectivity index is 1.91. The Hall–Kier alpha value is -2.24. The second-order valence-corrected chi connectivity index (χ2v) is 4.96. The molecule has 3 rings (SSSR count). The minimum atomic E-state index is -0.505. The van der Waals surface area contributed by atoms with Crippen molar-refractivity contribution in [1.29, 1.82) is 0 Å². The van der Waals surface area contributed by atoms with Gasteiger partial charge in [0, 0.05) is 5.56 Å². The lowest BCUT2D eigenvalue weighted by molar-refractivity contribution is 0.626. The first-order valence-electron chi connectivity index (χ1n) is 6.33. The number of nitrogens with one attached hydrogen (secondary N) is 1. The smallest absolute Gasteiger partial charge is 0.182 e. The van der Waals surface area contributed by atoms with Crippen molar-refractivity contribution in [2.45, 2.75) is 6.04 Å². The van der Waals surface area contributed by atoms with E-state index >= 15 is 0 Å². The predicted molar refractivity (Wildman–Crippen MR) is 79.3 cm³/mol. The van der Waals surface area contributed by atoms with Crippen LogP contribution in [0.25, 0.3) is 11.4 Å². The average Bonchev–Trinajstić information content (AvgIpc) is 2.97. The first kappa shape index (κ1) is 13.7. The Morgan fingerprint density at radius 2 is 1.81 bits per heavy atom. The molecule has 0 amide bonds. The van der Waals surface area contributed by atoms with Crippen LogP contribution in [0.4, 0.5) is 4.39 Å². The van der Waals surface area contributed by atoms with E-state index in [0.717, 1.165) is 11.1 Å². The molecule has 0 aliphatic rings. The molecule has 0 spiro atoms. The van der Waals surface area contributed by atoms with E-state index in [1.165, 1.54) is 12.1 Å². The van der Waals surface area contributed by atoms with Crippen LogP contribution in [0, 0.1) is 5.82 Å². The molecule has 1 aromatic heterocycles. The largest absolute Gasteiger partial charge is 0.318 e. The highest BCUT2D eigenvalue weighted by Gasteiger charge is 2.15. The van der Waals surface area contributed by atoms with Gasteiger partial charge in [-0.1, -0.05) is 35.9 Å². The molecule has 0 saturated heterocycles. The summed E-state index contributed by atoms with van der Waals surface area (Å²) in [5.74, 6) is 0.671. The fraction of sp³-hybridized carbons (Fsp3) is 0.0667. The SMILES string of the molecule is NC(c1ccc(F)cc1)c1nc(-c2ccccc2Cl)n[nH]1. The summed E-state index contributed by atoms with van der Waals surface area (Å²) in [4.78, 5) is 4.37. The minimum absolute atomic E-state index is 0.305. The summed E-state index contributed by atoms with van der Waals surface area (Å²) in [7, 11) is 0. The third-order valence-corrected chi connectivity index (χ3v) is 3.47.